The number of anilines is 1. The zero-order valence-electron chi connectivity index (χ0n) is 11.4. The summed E-state index contributed by atoms with van der Waals surface area (Å²) < 4.78 is 10.8. The van der Waals surface area contributed by atoms with Crippen LogP contribution in [0.5, 0.6) is 0 Å². The number of nitrogens with zero attached hydrogens (tertiary/aromatic N) is 3. The minimum absolute atomic E-state index is 0.404. The first-order chi connectivity index (χ1) is 9.36. The maximum absolute atomic E-state index is 5.43. The molecule has 0 bridgehead atoms. The highest BCUT2D eigenvalue weighted by molar-refractivity contribution is 5.40. The predicted octanol–water partition coefficient (Wildman–Crippen LogP) is 1.60. The maximum Gasteiger partial charge on any atom is 0.132 e. The minimum Gasteiger partial charge on any atom is -0.381 e. The number of piperidine rings is 1. The molecular weight excluding hydrogens is 242 g/mol. The van der Waals surface area contributed by atoms with E-state index >= 15 is 0 Å². The van der Waals surface area contributed by atoms with Crippen molar-refractivity contribution in [1.29, 1.82) is 0 Å². The number of hydrogen-bond acceptors (Lipinski definition) is 5. The lowest BCUT2D eigenvalue weighted by Crippen LogP contribution is -2.37. The van der Waals surface area contributed by atoms with E-state index in [1.54, 1.807) is 13.4 Å². The molecule has 19 heavy (non-hydrogen) atoms. The van der Waals surface area contributed by atoms with Crippen LogP contribution in [0.4, 0.5) is 5.82 Å². The Morgan fingerprint density at radius 3 is 2.79 bits per heavy atom. The van der Waals surface area contributed by atoms with E-state index in [0.717, 1.165) is 57.1 Å². The highest BCUT2D eigenvalue weighted by Crippen LogP contribution is 2.26. The van der Waals surface area contributed by atoms with Crippen molar-refractivity contribution in [2.75, 3.05) is 38.3 Å². The van der Waals surface area contributed by atoms with Gasteiger partial charge in [0.2, 0.25) is 0 Å². The predicted molar refractivity (Wildman–Crippen MR) is 72.5 cm³/mol. The second kappa shape index (κ2) is 5.84. The first kappa shape index (κ1) is 12.8. The summed E-state index contributed by atoms with van der Waals surface area (Å²) >= 11 is 0. The maximum atomic E-state index is 5.43. The van der Waals surface area contributed by atoms with Gasteiger partial charge in [-0.1, -0.05) is 0 Å². The van der Waals surface area contributed by atoms with Crippen molar-refractivity contribution in [2.24, 2.45) is 0 Å². The third-order valence-corrected chi connectivity index (χ3v) is 4.12. The quantitative estimate of drug-likeness (QED) is 0.829. The molecule has 2 aliphatic rings. The summed E-state index contributed by atoms with van der Waals surface area (Å²) in [6.07, 6.45) is 5.30. The van der Waals surface area contributed by atoms with Crippen LogP contribution < -0.4 is 4.90 Å². The zero-order chi connectivity index (χ0) is 13.1. The Labute approximate surface area is 113 Å². The van der Waals surface area contributed by atoms with Crippen molar-refractivity contribution >= 4 is 5.82 Å². The summed E-state index contributed by atoms with van der Waals surface area (Å²) in [5.41, 5.74) is 1.12. The molecule has 0 saturated carbocycles. The topological polar surface area (TPSA) is 47.5 Å². The molecule has 0 N–H and O–H groups in total. The molecule has 1 aromatic rings. The number of methoxy groups -OCH3 is 1. The third-order valence-electron chi connectivity index (χ3n) is 4.12. The largest absolute Gasteiger partial charge is 0.381 e. The van der Waals surface area contributed by atoms with E-state index < -0.39 is 0 Å². The molecule has 5 heteroatoms. The van der Waals surface area contributed by atoms with Gasteiger partial charge in [-0.3, -0.25) is 0 Å². The molecule has 2 saturated heterocycles. The fraction of sp³-hybridized carbons (Fsp3) is 0.714. The second-order valence-electron chi connectivity index (χ2n) is 5.28. The minimum atomic E-state index is 0.404. The number of hydrogen-bond donors (Lipinski definition) is 0. The molecule has 1 aromatic heterocycles. The number of rotatable bonds is 3. The van der Waals surface area contributed by atoms with Gasteiger partial charge in [-0.2, -0.15) is 0 Å². The summed E-state index contributed by atoms with van der Waals surface area (Å²) in [5, 5.41) is 0. The van der Waals surface area contributed by atoms with Crippen molar-refractivity contribution in [3.05, 3.63) is 18.1 Å². The van der Waals surface area contributed by atoms with Crippen LogP contribution in [0.1, 0.15) is 30.9 Å². The summed E-state index contributed by atoms with van der Waals surface area (Å²) in [5.74, 6) is 1.49. The highest BCUT2D eigenvalue weighted by Gasteiger charge is 2.23. The van der Waals surface area contributed by atoms with Gasteiger partial charge in [-0.05, 0) is 19.3 Å². The zero-order valence-corrected chi connectivity index (χ0v) is 11.4. The fourth-order valence-corrected chi connectivity index (χ4v) is 2.85. The Morgan fingerprint density at radius 1 is 1.26 bits per heavy atom. The van der Waals surface area contributed by atoms with Crippen molar-refractivity contribution in [1.82, 2.24) is 9.97 Å². The van der Waals surface area contributed by atoms with Crippen molar-refractivity contribution in [3.63, 3.8) is 0 Å². The van der Waals surface area contributed by atoms with E-state index in [2.05, 4.69) is 20.9 Å². The Kier molecular flexibility index (Phi) is 3.94. The standard InChI is InChI=1S/C14H21N3O2/c1-18-12-2-5-17(6-3-12)14-8-13(15-10-16-14)11-4-7-19-9-11/h8,10-12H,2-7,9H2,1H3/t11-/m1/s1. The van der Waals surface area contributed by atoms with Crippen LogP contribution in [-0.2, 0) is 9.47 Å². The Bertz CT molecular complexity index is 413. The van der Waals surface area contributed by atoms with Crippen LogP contribution in [0, 0.1) is 0 Å². The monoisotopic (exact) mass is 263 g/mol. The van der Waals surface area contributed by atoms with Crippen LogP contribution in [0.3, 0.4) is 0 Å². The normalized spacial score (nSPS) is 24.9. The van der Waals surface area contributed by atoms with Crippen LogP contribution in [0.25, 0.3) is 0 Å². The lowest BCUT2D eigenvalue weighted by molar-refractivity contribution is 0.0818. The van der Waals surface area contributed by atoms with Gasteiger partial charge < -0.3 is 14.4 Å². The van der Waals surface area contributed by atoms with Crippen molar-refractivity contribution < 1.29 is 9.47 Å². The van der Waals surface area contributed by atoms with Gasteiger partial charge in [0.05, 0.1) is 18.4 Å². The average molecular weight is 263 g/mol. The smallest absolute Gasteiger partial charge is 0.132 e. The molecule has 5 nitrogen and oxygen atoms in total. The second-order valence-corrected chi connectivity index (χ2v) is 5.28. The molecule has 0 unspecified atom stereocenters. The number of aromatic nitrogens is 2. The molecule has 0 radical (unpaired) electrons. The Hall–Kier alpha value is -1.20. The van der Waals surface area contributed by atoms with Crippen molar-refractivity contribution in [3.8, 4) is 0 Å². The van der Waals surface area contributed by atoms with Crippen LogP contribution in [0.2, 0.25) is 0 Å². The highest BCUT2D eigenvalue weighted by atomic mass is 16.5. The van der Waals surface area contributed by atoms with Gasteiger partial charge in [-0.15, -0.1) is 0 Å². The fourth-order valence-electron chi connectivity index (χ4n) is 2.85. The summed E-state index contributed by atoms with van der Waals surface area (Å²) in [4.78, 5) is 11.2. The molecule has 3 heterocycles. The molecule has 0 aromatic carbocycles. The van der Waals surface area contributed by atoms with E-state index in [1.165, 1.54) is 0 Å². The van der Waals surface area contributed by atoms with Gasteiger partial charge in [0.25, 0.3) is 0 Å². The summed E-state index contributed by atoms with van der Waals surface area (Å²) in [6, 6.07) is 2.13. The number of ether oxygens (including phenoxy) is 2. The van der Waals surface area contributed by atoms with Crippen LogP contribution >= 0.6 is 0 Å². The molecular formula is C14H21N3O2. The molecule has 3 rings (SSSR count). The Morgan fingerprint density at radius 2 is 2.11 bits per heavy atom. The molecule has 0 amide bonds. The van der Waals surface area contributed by atoms with Crippen molar-refractivity contribution in [2.45, 2.75) is 31.3 Å². The van der Waals surface area contributed by atoms with Gasteiger partial charge in [0.1, 0.15) is 12.1 Å². The van der Waals surface area contributed by atoms with Crippen LogP contribution in [0.15, 0.2) is 12.4 Å². The van der Waals surface area contributed by atoms with E-state index in [0.29, 0.717) is 12.0 Å². The van der Waals surface area contributed by atoms with Gasteiger partial charge in [0, 0.05) is 38.8 Å². The molecule has 1 atom stereocenters. The Balaban J connectivity index is 1.69. The lowest BCUT2D eigenvalue weighted by Gasteiger charge is -2.32. The molecule has 0 spiro atoms. The lowest BCUT2D eigenvalue weighted by atomic mass is 10.0. The molecule has 2 aliphatic heterocycles. The van der Waals surface area contributed by atoms with Gasteiger partial charge in [0.15, 0.2) is 0 Å². The average Bonchev–Trinajstić information content (AvgIpc) is 3.02. The summed E-state index contributed by atoms with van der Waals surface area (Å²) in [7, 11) is 1.79. The molecule has 0 aliphatic carbocycles. The van der Waals surface area contributed by atoms with E-state index in [-0.39, 0.29) is 0 Å². The van der Waals surface area contributed by atoms with E-state index in [4.69, 9.17) is 9.47 Å². The van der Waals surface area contributed by atoms with Gasteiger partial charge >= 0.3 is 0 Å². The van der Waals surface area contributed by atoms with E-state index in [1.807, 2.05) is 0 Å². The van der Waals surface area contributed by atoms with Crippen LogP contribution in [-0.4, -0.2) is 49.5 Å². The summed E-state index contributed by atoms with van der Waals surface area (Å²) in [6.45, 7) is 3.66. The van der Waals surface area contributed by atoms with Gasteiger partial charge in [-0.25, -0.2) is 9.97 Å². The molecule has 2 fully saturated rings. The van der Waals surface area contributed by atoms with E-state index in [9.17, 15) is 0 Å². The SMILES string of the molecule is COC1CCN(c2cc([C@@H]3CCOC3)ncn2)CC1. The first-order valence-electron chi connectivity index (χ1n) is 7.04. The molecule has 104 valence electrons. The first-order valence-corrected chi connectivity index (χ1v) is 7.04. The third kappa shape index (κ3) is 2.87.